The lowest BCUT2D eigenvalue weighted by Gasteiger charge is -2.03. The van der Waals surface area contributed by atoms with Gasteiger partial charge in [-0.25, -0.2) is 4.98 Å². The van der Waals surface area contributed by atoms with Gasteiger partial charge < -0.3 is 5.32 Å². The first-order valence-corrected chi connectivity index (χ1v) is 8.68. The second kappa shape index (κ2) is 6.20. The van der Waals surface area contributed by atoms with Crippen LogP contribution in [0.5, 0.6) is 0 Å². The van der Waals surface area contributed by atoms with Gasteiger partial charge in [-0.2, -0.15) is 0 Å². The van der Waals surface area contributed by atoms with Crippen LogP contribution in [-0.2, 0) is 0 Å². The highest BCUT2D eigenvalue weighted by atomic mass is 32.1. The van der Waals surface area contributed by atoms with Crippen molar-refractivity contribution in [2.45, 2.75) is 6.92 Å². The number of rotatable bonds is 3. The molecular formula is C19H13N3O3S. The van der Waals surface area contributed by atoms with E-state index in [1.54, 1.807) is 54.7 Å². The molecule has 0 radical (unpaired) electrons. The molecule has 26 heavy (non-hydrogen) atoms. The van der Waals surface area contributed by atoms with E-state index in [1.807, 2.05) is 0 Å². The summed E-state index contributed by atoms with van der Waals surface area (Å²) < 4.78 is 1.46. The lowest BCUT2D eigenvalue weighted by molar-refractivity contribution is 0.101. The third-order valence-corrected chi connectivity index (χ3v) is 5.02. The molecule has 1 amide bonds. The van der Waals surface area contributed by atoms with Crippen molar-refractivity contribution in [3.05, 3.63) is 75.5 Å². The first kappa shape index (κ1) is 16.2. The number of hydrogen-bond acceptors (Lipinski definition) is 5. The molecule has 1 N–H and O–H groups in total. The predicted octanol–water partition coefficient (Wildman–Crippen LogP) is 3.36. The summed E-state index contributed by atoms with van der Waals surface area (Å²) in [6.45, 7) is 1.49. The van der Waals surface area contributed by atoms with E-state index in [9.17, 15) is 14.4 Å². The first-order valence-electron chi connectivity index (χ1n) is 7.86. The molecule has 0 bridgehead atoms. The Morgan fingerprint density at radius 2 is 1.88 bits per heavy atom. The molecule has 1 aromatic carbocycles. The van der Waals surface area contributed by atoms with Gasteiger partial charge in [-0.05, 0) is 49.4 Å². The van der Waals surface area contributed by atoms with Gasteiger partial charge in [0.15, 0.2) is 5.78 Å². The van der Waals surface area contributed by atoms with Crippen LogP contribution in [0.15, 0.2) is 59.5 Å². The smallest absolute Gasteiger partial charge is 0.266 e. The van der Waals surface area contributed by atoms with Crippen LogP contribution in [0.3, 0.4) is 0 Å². The number of ketones is 1. The number of carbonyl (C=O) groups excluding carboxylic acids is 2. The molecule has 128 valence electrons. The molecule has 7 heteroatoms. The molecule has 0 saturated carbocycles. The average Bonchev–Trinajstić information content (AvgIpc) is 3.07. The summed E-state index contributed by atoms with van der Waals surface area (Å²) in [5.74, 6) is -0.358. The third-order valence-electron chi connectivity index (χ3n) is 3.99. The normalized spacial score (nSPS) is 11.0. The molecule has 6 nitrogen and oxygen atoms in total. The van der Waals surface area contributed by atoms with Crippen molar-refractivity contribution in [2.24, 2.45) is 0 Å². The van der Waals surface area contributed by atoms with E-state index < -0.39 is 0 Å². The summed E-state index contributed by atoms with van der Waals surface area (Å²) in [5, 5.41) is 3.18. The Hall–Kier alpha value is -3.32. The number of pyridine rings is 1. The maximum absolute atomic E-state index is 12.5. The van der Waals surface area contributed by atoms with E-state index in [1.165, 1.54) is 22.7 Å². The maximum Gasteiger partial charge on any atom is 0.266 e. The van der Waals surface area contributed by atoms with Crippen LogP contribution < -0.4 is 10.9 Å². The number of amides is 1. The molecule has 0 unspecified atom stereocenters. The van der Waals surface area contributed by atoms with Gasteiger partial charge in [0.1, 0.15) is 10.5 Å². The Bertz CT molecular complexity index is 1220. The van der Waals surface area contributed by atoms with Crippen molar-refractivity contribution in [1.29, 1.82) is 0 Å². The average molecular weight is 363 g/mol. The number of carbonyl (C=O) groups is 2. The van der Waals surface area contributed by atoms with E-state index in [2.05, 4.69) is 10.3 Å². The van der Waals surface area contributed by atoms with Crippen LogP contribution in [-0.4, -0.2) is 21.1 Å². The van der Waals surface area contributed by atoms with E-state index in [4.69, 9.17) is 0 Å². The zero-order chi connectivity index (χ0) is 18.3. The molecule has 4 aromatic rings. The van der Waals surface area contributed by atoms with Crippen LogP contribution in [0.2, 0.25) is 0 Å². The Balaban J connectivity index is 1.68. The number of thiophene rings is 1. The first-order chi connectivity index (χ1) is 12.5. The molecule has 0 atom stereocenters. The molecule has 3 aromatic heterocycles. The fourth-order valence-electron chi connectivity index (χ4n) is 2.64. The van der Waals surface area contributed by atoms with Gasteiger partial charge in [0.2, 0.25) is 0 Å². The minimum atomic E-state index is -0.322. The van der Waals surface area contributed by atoms with Crippen molar-refractivity contribution >= 4 is 44.6 Å². The number of aromatic nitrogens is 2. The van der Waals surface area contributed by atoms with Crippen LogP contribution in [0.25, 0.3) is 15.9 Å². The topological polar surface area (TPSA) is 80.5 Å². The van der Waals surface area contributed by atoms with Gasteiger partial charge >= 0.3 is 0 Å². The summed E-state index contributed by atoms with van der Waals surface area (Å²) in [6.07, 6.45) is 1.65. The lowest BCUT2D eigenvalue weighted by atomic mass is 10.1. The number of hydrogen-bond donors (Lipinski definition) is 1. The summed E-state index contributed by atoms with van der Waals surface area (Å²) in [6, 6.07) is 13.5. The van der Waals surface area contributed by atoms with Crippen molar-refractivity contribution in [2.75, 3.05) is 5.32 Å². The van der Waals surface area contributed by atoms with Gasteiger partial charge in [0.25, 0.3) is 11.5 Å². The van der Waals surface area contributed by atoms with Crippen molar-refractivity contribution < 1.29 is 9.59 Å². The zero-order valence-electron chi connectivity index (χ0n) is 13.7. The van der Waals surface area contributed by atoms with E-state index in [0.29, 0.717) is 32.0 Å². The summed E-state index contributed by atoms with van der Waals surface area (Å²) in [7, 11) is 0. The summed E-state index contributed by atoms with van der Waals surface area (Å²) in [5.41, 5.74) is 1.49. The van der Waals surface area contributed by atoms with Crippen LogP contribution in [0.1, 0.15) is 27.0 Å². The number of anilines is 1. The standard InChI is InChI=1S/C19H13N3O3S/c1-11(23)12-5-7-13(8-6-12)20-17(24)15-10-14-18(26-15)21-16-4-2-3-9-22(16)19(14)25/h2-10H,1H3,(H,20,24). The third kappa shape index (κ3) is 2.78. The minimum absolute atomic E-state index is 0.0361. The minimum Gasteiger partial charge on any atom is -0.321 e. The highest BCUT2D eigenvalue weighted by Gasteiger charge is 2.15. The fraction of sp³-hybridized carbons (Fsp3) is 0.0526. The molecule has 0 spiro atoms. The van der Waals surface area contributed by atoms with Crippen molar-refractivity contribution in [3.63, 3.8) is 0 Å². The van der Waals surface area contributed by atoms with Gasteiger partial charge in [-0.15, -0.1) is 11.3 Å². The van der Waals surface area contributed by atoms with Crippen LogP contribution in [0, 0.1) is 0 Å². The Morgan fingerprint density at radius 1 is 1.12 bits per heavy atom. The lowest BCUT2D eigenvalue weighted by Crippen LogP contribution is -2.13. The van der Waals surface area contributed by atoms with Gasteiger partial charge in [0, 0.05) is 17.4 Å². The molecule has 0 aliphatic heterocycles. The molecule has 0 fully saturated rings. The highest BCUT2D eigenvalue weighted by Crippen LogP contribution is 2.23. The number of Topliss-reactive ketones (excluding diaryl/α,β-unsaturated/α-hetero) is 1. The second-order valence-corrected chi connectivity index (χ2v) is 6.79. The van der Waals surface area contributed by atoms with Gasteiger partial charge in [-0.3, -0.25) is 18.8 Å². The number of benzene rings is 1. The van der Waals surface area contributed by atoms with Crippen LogP contribution in [0.4, 0.5) is 5.69 Å². The largest absolute Gasteiger partial charge is 0.321 e. The Kier molecular flexibility index (Phi) is 3.85. The zero-order valence-corrected chi connectivity index (χ0v) is 14.5. The molecular weight excluding hydrogens is 350 g/mol. The second-order valence-electron chi connectivity index (χ2n) is 5.76. The van der Waals surface area contributed by atoms with Crippen LogP contribution >= 0.6 is 11.3 Å². The Morgan fingerprint density at radius 3 is 2.62 bits per heavy atom. The monoisotopic (exact) mass is 363 g/mol. The quantitative estimate of drug-likeness (QED) is 0.566. The number of nitrogens with one attached hydrogen (secondary N) is 1. The van der Waals surface area contributed by atoms with Crippen molar-refractivity contribution in [1.82, 2.24) is 9.38 Å². The molecule has 4 rings (SSSR count). The highest BCUT2D eigenvalue weighted by molar-refractivity contribution is 7.20. The van der Waals surface area contributed by atoms with E-state index in [-0.39, 0.29) is 17.2 Å². The van der Waals surface area contributed by atoms with Gasteiger partial charge in [0.05, 0.1) is 10.3 Å². The summed E-state index contributed by atoms with van der Waals surface area (Å²) >= 11 is 1.17. The molecule has 0 saturated heterocycles. The summed E-state index contributed by atoms with van der Waals surface area (Å²) in [4.78, 5) is 41.7. The molecule has 3 heterocycles. The van der Waals surface area contributed by atoms with Gasteiger partial charge in [-0.1, -0.05) is 6.07 Å². The van der Waals surface area contributed by atoms with E-state index >= 15 is 0 Å². The van der Waals surface area contributed by atoms with Crippen molar-refractivity contribution in [3.8, 4) is 0 Å². The predicted molar refractivity (Wildman–Crippen MR) is 101 cm³/mol. The Labute approximate surface area is 151 Å². The number of nitrogens with zero attached hydrogens (tertiary/aromatic N) is 2. The molecule has 0 aliphatic carbocycles. The molecule has 0 aliphatic rings. The SMILES string of the molecule is CC(=O)c1ccc(NC(=O)c2cc3c(=O)n4ccccc4nc3s2)cc1. The van der Waals surface area contributed by atoms with E-state index in [0.717, 1.165) is 0 Å². The number of fused-ring (bicyclic) bond motifs is 2. The maximum atomic E-state index is 12.5. The fourth-order valence-corrected chi connectivity index (χ4v) is 3.57.